The monoisotopic (exact) mass is 1720 g/mol. The lowest BCUT2D eigenvalue weighted by Gasteiger charge is -2.03. The number of rotatable bonds is 0. The summed E-state index contributed by atoms with van der Waals surface area (Å²) < 4.78 is 22.0. The summed E-state index contributed by atoms with van der Waals surface area (Å²) in [5.74, 6) is 3.68. The van der Waals surface area contributed by atoms with Crippen molar-refractivity contribution < 1.29 is 23.9 Å². The van der Waals surface area contributed by atoms with Crippen molar-refractivity contribution in [3.8, 4) is 0 Å². The summed E-state index contributed by atoms with van der Waals surface area (Å²) in [5.41, 5.74) is 13.2. The van der Waals surface area contributed by atoms with Crippen LogP contribution in [-0.2, 0) is 23.9 Å². The van der Waals surface area contributed by atoms with Gasteiger partial charge in [-0.05, 0) is 81.7 Å². The molecule has 714 valence electrons. The van der Waals surface area contributed by atoms with E-state index in [0.29, 0.717) is 0 Å². The Morgan fingerprint density at radius 1 is 0.287 bits per heavy atom. The average Bonchev–Trinajstić information content (AvgIpc) is 3.96. The minimum absolute atomic E-state index is 0.740. The maximum absolute atomic E-state index is 4.78. The van der Waals surface area contributed by atoms with Crippen LogP contribution >= 0.6 is 35.7 Å². The van der Waals surface area contributed by atoms with Gasteiger partial charge in [0, 0.05) is 113 Å². The molecule has 0 aromatic heterocycles. The maximum Gasteiger partial charge on any atom is 0.192 e. The normalized spacial score (nSPS) is 12.9. The molecule has 0 bridgehead atoms. The maximum atomic E-state index is 4.78. The molecular weight excluding hydrogens is 1500 g/mol. The average molecular weight is 1720 g/mol. The topological polar surface area (TPSA) is 254 Å². The first kappa shape index (κ1) is 177. The number of thioether (sulfide) groups is 1. The second-order valence-electron chi connectivity index (χ2n) is 13.3. The first-order valence-electron chi connectivity index (χ1n) is 47.0. The summed E-state index contributed by atoms with van der Waals surface area (Å²) in [4.78, 5) is 28.5. The van der Waals surface area contributed by atoms with Gasteiger partial charge >= 0.3 is 0 Å². The van der Waals surface area contributed by atoms with Crippen molar-refractivity contribution in [2.24, 2.45) is 54.3 Å². The van der Waals surface area contributed by atoms with Crippen molar-refractivity contribution in [2.75, 3.05) is 116 Å². The fourth-order valence-corrected chi connectivity index (χ4v) is 5.98. The highest BCUT2D eigenvalue weighted by Crippen LogP contribution is 2.09. The number of hydrogen-bond acceptors (Lipinski definition) is 25. The molecule has 0 spiro atoms. The molecule has 12 heterocycles. The van der Waals surface area contributed by atoms with E-state index in [1.165, 1.54) is 75.0 Å². The molecule has 0 unspecified atom stereocenters. The predicted molar refractivity (Wildman–Crippen MR) is 560 cm³/mol. The Kier molecular flexibility index (Phi) is 508. The molecule has 0 aliphatic carbocycles. The molecule has 25 heteroatoms. The minimum atomic E-state index is 0.740. The molecule has 0 radical (unpaired) electrons. The smallest absolute Gasteiger partial charge is 0.192 e. The van der Waals surface area contributed by atoms with Gasteiger partial charge in [-0.25, -0.2) is 14.2 Å². The molecule has 0 amide bonds. The highest BCUT2D eigenvalue weighted by molar-refractivity contribution is 8.12. The molecule has 115 heavy (non-hydrogen) atoms. The molecule has 12 rings (SSSR count). The minimum Gasteiger partial charge on any atom is -0.483 e. The Morgan fingerprint density at radius 3 is 0.817 bits per heavy atom. The molecule has 12 aliphatic heterocycles. The van der Waals surface area contributed by atoms with Gasteiger partial charge in [0.25, 0.3) is 0 Å². The van der Waals surface area contributed by atoms with E-state index in [0.717, 1.165) is 131 Å². The van der Waals surface area contributed by atoms with Crippen molar-refractivity contribution in [3.05, 3.63) is 12.3 Å². The van der Waals surface area contributed by atoms with Crippen LogP contribution in [0.2, 0.25) is 0 Å². The Hall–Kier alpha value is -4.88. The third-order valence-electron chi connectivity index (χ3n) is 7.53. The van der Waals surface area contributed by atoms with Gasteiger partial charge in [0.05, 0.1) is 44.5 Å². The lowest BCUT2D eigenvalue weighted by Crippen LogP contribution is -2.19. The zero-order valence-electron chi connectivity index (χ0n) is 87.2. The standard InChI is InChI=1S/2C4H8N2.2C4H7NO.2C4H7NS.C3H6N2O.2C3H6N2.2C3H5NO.C3H5NS.24C2H6/c1-2-5-4-6-3-1;1-2-4-6-5-3-1;1-2-5-4-6-3-1;1-2-4-6-5-3-1;1-2-5-4-6-3-1;1-2-4-6-5-3-1;1-2-6-3-5-4-1;1-2-5-3-4-1;1-2-4-5-3-1;1-2-5-3-4-1;2*1-2-4-5-3-1;24*1-2/h4H,1-3H2,(H,5,6);3,6H,1-2,4H2;4H,1-3H2;3H,1-2,4H2;4H,1-3H2;3H,1-2,4H2;3-4H,1-2H2;3H,1-2H2,(H,4,5);1-2,4-5H,3H2;3H,1-2H2;2*2H,1,3H2;24*1-2H3. The fourth-order valence-electron chi connectivity index (χ4n) is 4.23. The number of hydrazone groups is 2. The highest BCUT2D eigenvalue weighted by Gasteiger charge is 1.92. The summed E-state index contributed by atoms with van der Waals surface area (Å²) in [6.45, 7) is 110. The Labute approximate surface area is 741 Å². The van der Waals surface area contributed by atoms with Gasteiger partial charge in [0.1, 0.15) is 26.4 Å². The van der Waals surface area contributed by atoms with Crippen LogP contribution in [0, 0.1) is 0 Å². The van der Waals surface area contributed by atoms with Gasteiger partial charge in [-0.15, -0.1) is 16.9 Å². The van der Waals surface area contributed by atoms with Crippen molar-refractivity contribution in [1.82, 2.24) is 32.3 Å². The van der Waals surface area contributed by atoms with E-state index in [-0.39, 0.29) is 0 Å². The first-order valence-corrected chi connectivity index (χ1v) is 50.0. The first-order chi connectivity index (χ1) is 57.5. The van der Waals surface area contributed by atoms with Crippen LogP contribution in [0.5, 0.6) is 0 Å². The van der Waals surface area contributed by atoms with Crippen molar-refractivity contribution in [2.45, 2.75) is 403 Å². The van der Waals surface area contributed by atoms with Crippen molar-refractivity contribution in [3.63, 3.8) is 0 Å². The molecule has 6 N–H and O–H groups in total. The number of hydrogen-bond donors (Lipinski definition) is 6. The van der Waals surface area contributed by atoms with Gasteiger partial charge in [0.2, 0.25) is 0 Å². The Bertz CT molecular complexity index is 1090. The summed E-state index contributed by atoms with van der Waals surface area (Å²) in [5, 5.41) is 20.3. The van der Waals surface area contributed by atoms with Crippen LogP contribution in [0.25, 0.3) is 0 Å². The summed E-state index contributed by atoms with van der Waals surface area (Å²) >= 11 is 5.11. The summed E-state index contributed by atoms with van der Waals surface area (Å²) in [6, 6.07) is 0. The van der Waals surface area contributed by atoms with Crippen LogP contribution in [0.15, 0.2) is 66.5 Å². The van der Waals surface area contributed by atoms with E-state index < -0.39 is 0 Å². The summed E-state index contributed by atoms with van der Waals surface area (Å²) in [6.07, 6.45) is 34.0. The molecule has 22 nitrogen and oxygen atoms in total. The second-order valence-corrected chi connectivity index (χ2v) is 16.0. The van der Waals surface area contributed by atoms with Gasteiger partial charge in [-0.1, -0.05) is 349 Å². The lowest BCUT2D eigenvalue weighted by atomic mass is 10.3. The zero-order chi connectivity index (χ0) is 95.4. The molecule has 0 aromatic rings. The van der Waals surface area contributed by atoms with E-state index >= 15 is 0 Å². The molecule has 0 saturated heterocycles. The van der Waals surface area contributed by atoms with E-state index in [1.54, 1.807) is 60.8 Å². The van der Waals surface area contributed by atoms with E-state index in [4.69, 9.17) is 9.47 Å². The van der Waals surface area contributed by atoms with Gasteiger partial charge < -0.3 is 50.8 Å². The molecule has 0 saturated carbocycles. The Morgan fingerprint density at radius 2 is 0.713 bits per heavy atom. The Balaban J connectivity index is -0.0000000341. The number of ether oxygens (including phenoxy) is 3. The number of aliphatic imine (C=N–C) groups is 5. The number of nitrogens with one attached hydrogen (secondary N) is 6. The van der Waals surface area contributed by atoms with E-state index in [1.807, 2.05) is 369 Å². The van der Waals surface area contributed by atoms with E-state index in [2.05, 4.69) is 101 Å². The molecule has 0 fully saturated rings. The van der Waals surface area contributed by atoms with Gasteiger partial charge in [0.15, 0.2) is 19.2 Å². The highest BCUT2D eigenvalue weighted by atomic mass is 32.2. The van der Waals surface area contributed by atoms with Crippen molar-refractivity contribution in [1.29, 1.82) is 0 Å². The molecule has 0 atom stereocenters. The van der Waals surface area contributed by atoms with E-state index in [9.17, 15) is 0 Å². The lowest BCUT2D eigenvalue weighted by molar-refractivity contribution is 0.134. The van der Waals surface area contributed by atoms with Gasteiger partial charge in [-0.3, -0.25) is 25.0 Å². The SMILES string of the molecule is C1=CNNC1.C1=NCCCN1.C1=NCCCO1.C1=NCCCS1.C1=NCCN1.C1=NCCO1.C1=NNCCC1.C1=NNCCO1.C1=NOCC1.C1=NOCCC1.C1=NSCC1.C1=NSCCC1.CC.CC.CC.CC.CC.CC.CC.CC.CC.CC.CC.CC.CC.CC.CC.CC.CC.CC.CC.CC.CC.CC.CC.CC. The van der Waals surface area contributed by atoms with Crippen LogP contribution in [0.1, 0.15) is 403 Å². The third-order valence-corrected chi connectivity index (χ3v) is 9.84. The van der Waals surface area contributed by atoms with Crippen LogP contribution in [0.3, 0.4) is 0 Å². The molecule has 12 aliphatic rings. The third kappa shape index (κ3) is 324. The number of hydrazine groups is 1. The molecule has 0 aromatic carbocycles. The van der Waals surface area contributed by atoms with Crippen LogP contribution in [0.4, 0.5) is 0 Å². The van der Waals surface area contributed by atoms with Gasteiger partial charge in [-0.2, -0.15) is 5.10 Å². The quantitative estimate of drug-likeness (QED) is 0.123. The fraction of sp³-hybridized carbons (Fsp3) is 0.856. The van der Waals surface area contributed by atoms with Crippen molar-refractivity contribution >= 4 is 104 Å². The predicted octanol–water partition coefficient (Wildman–Crippen LogP) is 29.2. The van der Waals surface area contributed by atoms with Crippen LogP contribution in [-0.4, -0.2) is 184 Å². The number of oxime groups is 2. The van der Waals surface area contributed by atoms with Crippen LogP contribution < -0.4 is 32.3 Å². The second kappa shape index (κ2) is 331. The largest absolute Gasteiger partial charge is 0.483 e. The number of nitrogens with zero attached hydrogens (tertiary/aromatic N) is 11. The molecular formula is C90H221N17O5S3. The summed E-state index contributed by atoms with van der Waals surface area (Å²) in [7, 11) is 0. The zero-order valence-corrected chi connectivity index (χ0v) is 89.6.